The molecule has 4 nitrogen and oxygen atoms in total. The van der Waals surface area contributed by atoms with Gasteiger partial charge in [0.2, 0.25) is 0 Å². The van der Waals surface area contributed by atoms with Crippen LogP contribution in [0.3, 0.4) is 0 Å². The van der Waals surface area contributed by atoms with Crippen LogP contribution < -0.4 is 4.90 Å². The second kappa shape index (κ2) is 8.08. The lowest BCUT2D eigenvalue weighted by Gasteiger charge is -2.25. The van der Waals surface area contributed by atoms with E-state index in [1.54, 1.807) is 9.80 Å². The van der Waals surface area contributed by atoms with Crippen LogP contribution in [0.1, 0.15) is 18.4 Å². The molecule has 1 aliphatic heterocycles. The van der Waals surface area contributed by atoms with E-state index in [9.17, 15) is 31.1 Å². The van der Waals surface area contributed by atoms with Crippen molar-refractivity contribution in [2.24, 2.45) is 5.92 Å². The zero-order chi connectivity index (χ0) is 21.2. The molecule has 1 aliphatic carbocycles. The van der Waals surface area contributed by atoms with Crippen LogP contribution in [-0.2, 0) is 11.0 Å². The molecule has 2 aliphatic rings. The summed E-state index contributed by atoms with van der Waals surface area (Å²) < 4.78 is 76.2. The van der Waals surface area contributed by atoms with Gasteiger partial charge in [-0.15, -0.1) is 0 Å². The highest BCUT2D eigenvalue weighted by molar-refractivity contribution is 5.96. The van der Waals surface area contributed by atoms with Crippen LogP contribution in [0.4, 0.5) is 32.2 Å². The number of hydrogen-bond donors (Lipinski definition) is 0. The van der Waals surface area contributed by atoms with Gasteiger partial charge in [0.1, 0.15) is 5.82 Å². The number of rotatable bonds is 2. The zero-order valence-electron chi connectivity index (χ0n) is 15.3. The van der Waals surface area contributed by atoms with Gasteiger partial charge < -0.3 is 9.80 Å². The van der Waals surface area contributed by atoms with Crippen LogP contribution >= 0.6 is 0 Å². The first-order chi connectivity index (χ1) is 13.6. The molecule has 158 valence electrons. The van der Waals surface area contributed by atoms with Crippen molar-refractivity contribution < 1.29 is 31.1 Å². The molecule has 1 fully saturated rings. The van der Waals surface area contributed by atoms with Crippen molar-refractivity contribution in [1.29, 1.82) is 0 Å². The number of aromatic nitrogens is 1. The van der Waals surface area contributed by atoms with E-state index >= 15 is 0 Å². The van der Waals surface area contributed by atoms with E-state index in [-0.39, 0.29) is 17.9 Å². The minimum atomic E-state index is -4.46. The third-order valence-corrected chi connectivity index (χ3v) is 4.95. The van der Waals surface area contributed by atoms with E-state index in [0.717, 1.165) is 18.3 Å². The number of alkyl halides is 6. The van der Waals surface area contributed by atoms with Gasteiger partial charge in [0.15, 0.2) is 0 Å². The highest BCUT2D eigenvalue weighted by Crippen LogP contribution is 2.33. The zero-order valence-corrected chi connectivity index (χ0v) is 15.3. The van der Waals surface area contributed by atoms with E-state index in [1.807, 2.05) is 0 Å². The van der Waals surface area contributed by atoms with Crippen molar-refractivity contribution in [2.75, 3.05) is 31.1 Å². The summed E-state index contributed by atoms with van der Waals surface area (Å²) in [5.41, 5.74) is -0.604. The summed E-state index contributed by atoms with van der Waals surface area (Å²) in [4.78, 5) is 19.8. The predicted octanol–water partition coefficient (Wildman–Crippen LogP) is 4.20. The molecule has 1 amide bonds. The molecule has 0 radical (unpaired) electrons. The molecule has 10 heteroatoms. The van der Waals surface area contributed by atoms with Gasteiger partial charge in [-0.2, -0.15) is 26.3 Å². The molecule has 0 N–H and O–H groups in total. The molecule has 0 aromatic carbocycles. The Kier molecular flexibility index (Phi) is 5.90. The molecule has 1 aromatic heterocycles. The Morgan fingerprint density at radius 3 is 2.34 bits per heavy atom. The second-order valence-corrected chi connectivity index (χ2v) is 6.94. The molecule has 0 spiro atoms. The van der Waals surface area contributed by atoms with E-state index < -0.39 is 23.8 Å². The lowest BCUT2D eigenvalue weighted by Crippen LogP contribution is -2.36. The summed E-state index contributed by atoms with van der Waals surface area (Å²) in [6, 6.07) is 2.26. The van der Waals surface area contributed by atoms with Gasteiger partial charge in [0.05, 0.1) is 11.5 Å². The highest BCUT2D eigenvalue weighted by Gasteiger charge is 2.38. The Hall–Kier alpha value is -2.52. The van der Waals surface area contributed by atoms with E-state index in [2.05, 4.69) is 4.98 Å². The Balaban J connectivity index is 1.61. The van der Waals surface area contributed by atoms with Crippen molar-refractivity contribution >= 4 is 11.7 Å². The average Bonchev–Trinajstić information content (AvgIpc) is 2.92. The van der Waals surface area contributed by atoms with Crippen LogP contribution in [0.25, 0.3) is 0 Å². The summed E-state index contributed by atoms with van der Waals surface area (Å²) in [5, 5.41) is 0. The minimum Gasteiger partial charge on any atom is -0.355 e. The molecule has 29 heavy (non-hydrogen) atoms. The Morgan fingerprint density at radius 1 is 1.03 bits per heavy atom. The first-order valence-electron chi connectivity index (χ1n) is 9.08. The number of hydrogen-bond acceptors (Lipinski definition) is 3. The number of allylic oxidation sites excluding steroid dienone is 2. The molecule has 0 bridgehead atoms. The topological polar surface area (TPSA) is 36.4 Å². The van der Waals surface area contributed by atoms with Crippen LogP contribution in [0, 0.1) is 5.92 Å². The summed E-state index contributed by atoms with van der Waals surface area (Å²) in [6.07, 6.45) is -4.20. The highest BCUT2D eigenvalue weighted by atomic mass is 19.4. The van der Waals surface area contributed by atoms with E-state index in [1.165, 1.54) is 18.2 Å². The summed E-state index contributed by atoms with van der Waals surface area (Å²) in [5.74, 6) is -1.54. The van der Waals surface area contributed by atoms with E-state index in [0.29, 0.717) is 38.4 Å². The molecule has 1 atom stereocenters. The summed E-state index contributed by atoms with van der Waals surface area (Å²) in [7, 11) is 0. The maximum atomic E-state index is 12.7. The molecule has 1 unspecified atom stereocenters. The number of pyridine rings is 1. The first-order valence-corrected chi connectivity index (χ1v) is 9.08. The fourth-order valence-electron chi connectivity index (χ4n) is 3.29. The Morgan fingerprint density at radius 2 is 1.79 bits per heavy atom. The average molecular weight is 419 g/mol. The van der Waals surface area contributed by atoms with Gasteiger partial charge in [-0.3, -0.25) is 4.79 Å². The van der Waals surface area contributed by atoms with Crippen molar-refractivity contribution in [1.82, 2.24) is 9.88 Å². The molecular weight excluding hydrogens is 400 g/mol. The largest absolute Gasteiger partial charge is 0.417 e. The smallest absolute Gasteiger partial charge is 0.355 e. The fraction of sp³-hybridized carbons (Fsp3) is 0.474. The van der Waals surface area contributed by atoms with Crippen molar-refractivity contribution in [3.05, 3.63) is 47.7 Å². The van der Waals surface area contributed by atoms with Crippen molar-refractivity contribution in [2.45, 2.75) is 25.2 Å². The van der Waals surface area contributed by atoms with Crippen LogP contribution in [-0.4, -0.2) is 48.1 Å². The third kappa shape index (κ3) is 5.10. The van der Waals surface area contributed by atoms with Gasteiger partial charge in [-0.1, -0.05) is 18.2 Å². The van der Waals surface area contributed by atoms with Crippen LogP contribution in [0.2, 0.25) is 0 Å². The van der Waals surface area contributed by atoms with Gasteiger partial charge in [-0.25, -0.2) is 4.98 Å². The van der Waals surface area contributed by atoms with Gasteiger partial charge >= 0.3 is 12.4 Å². The fourth-order valence-corrected chi connectivity index (χ4v) is 3.29. The predicted molar refractivity (Wildman–Crippen MR) is 94.0 cm³/mol. The van der Waals surface area contributed by atoms with Gasteiger partial charge in [0, 0.05) is 37.9 Å². The molecule has 1 saturated heterocycles. The summed E-state index contributed by atoms with van der Waals surface area (Å²) in [6.45, 7) is 1.58. The van der Waals surface area contributed by atoms with E-state index in [4.69, 9.17) is 0 Å². The summed E-state index contributed by atoms with van der Waals surface area (Å²) >= 11 is 0. The maximum Gasteiger partial charge on any atom is 0.417 e. The molecular formula is C19H19F6N3O. The van der Waals surface area contributed by atoms with Gasteiger partial charge in [-0.05, 0) is 25.0 Å². The number of anilines is 1. The quantitative estimate of drug-likeness (QED) is 0.675. The minimum absolute atomic E-state index is 0.228. The maximum absolute atomic E-state index is 12.7. The number of amides is 1. The van der Waals surface area contributed by atoms with Crippen LogP contribution in [0.15, 0.2) is 42.1 Å². The standard InChI is InChI=1S/C19H19F6N3O/c20-18(21,22)14-4-2-13(3-5-14)17(29)28-9-1-8-27(10-11-28)16-7-6-15(12-26-16)19(23,24)25/h2-4,6-7,12,14H,1,5,8-11H2. The molecule has 3 rings (SSSR count). The Bertz CT molecular complexity index is 798. The monoisotopic (exact) mass is 419 g/mol. The van der Waals surface area contributed by atoms with Crippen molar-refractivity contribution in [3.8, 4) is 0 Å². The first kappa shape index (κ1) is 21.2. The number of halogens is 6. The number of carbonyl (C=O) groups excluding carboxylic acids is 1. The Labute approximate surface area is 163 Å². The number of nitrogens with zero attached hydrogens (tertiary/aromatic N) is 3. The van der Waals surface area contributed by atoms with Crippen molar-refractivity contribution in [3.63, 3.8) is 0 Å². The normalized spacial score (nSPS) is 21.0. The molecule has 1 aromatic rings. The molecule has 2 heterocycles. The molecule has 0 saturated carbocycles. The second-order valence-electron chi connectivity index (χ2n) is 6.94. The lowest BCUT2D eigenvalue weighted by molar-refractivity contribution is -0.160. The SMILES string of the molecule is O=C(C1=CCC(C(F)(F)F)C=C1)N1CCCN(c2ccc(C(F)(F)F)cn2)CC1. The lowest BCUT2D eigenvalue weighted by atomic mass is 9.95. The van der Waals surface area contributed by atoms with Crippen LogP contribution in [0.5, 0.6) is 0 Å². The van der Waals surface area contributed by atoms with Gasteiger partial charge in [0.25, 0.3) is 5.91 Å². The third-order valence-electron chi connectivity index (χ3n) is 4.95. The number of carbonyl (C=O) groups is 1.